The molecule has 2 aromatic carbocycles. The maximum absolute atomic E-state index is 12.4. The molecule has 1 heterocycles. The van der Waals surface area contributed by atoms with Crippen LogP contribution in [0.1, 0.15) is 21.7 Å². The molecule has 1 aromatic heterocycles. The molecule has 1 amide bonds. The number of hydrogen-bond donors (Lipinski definition) is 2. The quantitative estimate of drug-likeness (QED) is 0.696. The molecule has 3 rings (SSSR count). The molecular formula is C18H17ClN2O4S. The predicted octanol–water partition coefficient (Wildman–Crippen LogP) is 3.01. The summed E-state index contributed by atoms with van der Waals surface area (Å²) in [7, 11) is -3.70. The third-order valence-corrected chi connectivity index (χ3v) is 5.30. The van der Waals surface area contributed by atoms with Crippen LogP contribution in [0.2, 0.25) is 5.02 Å². The SMILES string of the molecule is Cc1c(C(=O)NCCc2ccc(S(N)(=O)=O)cc2)oc2c(Cl)cccc12. The van der Waals surface area contributed by atoms with Crippen LogP contribution in [0.5, 0.6) is 0 Å². The minimum atomic E-state index is -3.70. The molecule has 136 valence electrons. The van der Waals surface area contributed by atoms with E-state index in [0.29, 0.717) is 23.6 Å². The lowest BCUT2D eigenvalue weighted by molar-refractivity contribution is 0.0928. The lowest BCUT2D eigenvalue weighted by Gasteiger charge is -2.05. The van der Waals surface area contributed by atoms with Crippen LogP contribution in [-0.2, 0) is 16.4 Å². The van der Waals surface area contributed by atoms with Crippen molar-refractivity contribution in [2.45, 2.75) is 18.2 Å². The fraction of sp³-hybridized carbons (Fsp3) is 0.167. The van der Waals surface area contributed by atoms with Gasteiger partial charge in [-0.1, -0.05) is 35.9 Å². The molecule has 0 fully saturated rings. The van der Waals surface area contributed by atoms with E-state index in [1.807, 2.05) is 13.0 Å². The highest BCUT2D eigenvalue weighted by Gasteiger charge is 2.18. The summed E-state index contributed by atoms with van der Waals surface area (Å²) in [4.78, 5) is 12.4. The van der Waals surface area contributed by atoms with Crippen molar-refractivity contribution in [2.75, 3.05) is 6.54 Å². The number of benzene rings is 2. The lowest BCUT2D eigenvalue weighted by Crippen LogP contribution is -2.25. The number of fused-ring (bicyclic) bond motifs is 1. The van der Waals surface area contributed by atoms with Crippen LogP contribution in [-0.4, -0.2) is 20.9 Å². The summed E-state index contributed by atoms with van der Waals surface area (Å²) in [6, 6.07) is 11.6. The largest absolute Gasteiger partial charge is 0.449 e. The zero-order valence-corrected chi connectivity index (χ0v) is 15.5. The standard InChI is InChI=1S/C18H17ClN2O4S/c1-11-14-3-2-4-15(19)17(14)25-16(11)18(22)21-10-9-12-5-7-13(8-6-12)26(20,23)24/h2-8H,9-10H2,1H3,(H,21,22)(H2,20,23,24). The van der Waals surface area contributed by atoms with E-state index in [9.17, 15) is 13.2 Å². The van der Waals surface area contributed by atoms with E-state index in [1.54, 1.807) is 24.3 Å². The molecule has 0 bridgehead atoms. The summed E-state index contributed by atoms with van der Waals surface area (Å²) in [5.74, 6) is -0.0893. The lowest BCUT2D eigenvalue weighted by atomic mass is 10.1. The molecular weight excluding hydrogens is 376 g/mol. The van der Waals surface area contributed by atoms with E-state index < -0.39 is 10.0 Å². The van der Waals surface area contributed by atoms with E-state index >= 15 is 0 Å². The molecule has 0 saturated carbocycles. The molecule has 8 heteroatoms. The molecule has 0 unspecified atom stereocenters. The van der Waals surface area contributed by atoms with Crippen LogP contribution in [0.3, 0.4) is 0 Å². The first kappa shape index (κ1) is 18.4. The van der Waals surface area contributed by atoms with Gasteiger partial charge in [0.15, 0.2) is 11.3 Å². The number of rotatable bonds is 5. The molecule has 0 saturated heterocycles. The number of para-hydroxylation sites is 1. The molecule has 6 nitrogen and oxygen atoms in total. The van der Waals surface area contributed by atoms with Crippen LogP contribution < -0.4 is 10.5 Å². The number of furan rings is 1. The van der Waals surface area contributed by atoms with Crippen LogP contribution in [0.15, 0.2) is 51.8 Å². The van der Waals surface area contributed by atoms with E-state index in [2.05, 4.69) is 5.32 Å². The van der Waals surface area contributed by atoms with Gasteiger partial charge in [0, 0.05) is 17.5 Å². The monoisotopic (exact) mass is 392 g/mol. The van der Waals surface area contributed by atoms with E-state index in [0.717, 1.165) is 16.5 Å². The highest BCUT2D eigenvalue weighted by molar-refractivity contribution is 7.89. The van der Waals surface area contributed by atoms with Crippen molar-refractivity contribution >= 4 is 38.5 Å². The zero-order chi connectivity index (χ0) is 18.9. The summed E-state index contributed by atoms with van der Waals surface area (Å²) in [6.07, 6.45) is 0.538. The Morgan fingerprint density at radius 3 is 2.50 bits per heavy atom. The van der Waals surface area contributed by atoms with Gasteiger partial charge in [-0.3, -0.25) is 4.79 Å². The topological polar surface area (TPSA) is 102 Å². The van der Waals surface area contributed by atoms with E-state index in [1.165, 1.54) is 12.1 Å². The summed E-state index contributed by atoms with van der Waals surface area (Å²) in [5.41, 5.74) is 2.11. The molecule has 0 aliphatic heterocycles. The molecule has 0 aliphatic carbocycles. The number of hydrogen-bond acceptors (Lipinski definition) is 4. The van der Waals surface area contributed by atoms with Gasteiger partial charge in [0.05, 0.1) is 9.92 Å². The number of amides is 1. The Balaban J connectivity index is 1.66. The molecule has 0 spiro atoms. The molecule has 26 heavy (non-hydrogen) atoms. The molecule has 3 aromatic rings. The number of aryl methyl sites for hydroxylation is 1. The zero-order valence-electron chi connectivity index (χ0n) is 14.0. The highest BCUT2D eigenvalue weighted by Crippen LogP contribution is 2.30. The summed E-state index contributed by atoms with van der Waals surface area (Å²) in [6.45, 7) is 2.18. The van der Waals surface area contributed by atoms with Crippen LogP contribution in [0, 0.1) is 6.92 Å². The molecule has 0 aliphatic rings. The Morgan fingerprint density at radius 1 is 1.19 bits per heavy atom. The molecule has 0 atom stereocenters. The summed E-state index contributed by atoms with van der Waals surface area (Å²) in [5, 5.41) is 9.12. The summed E-state index contributed by atoms with van der Waals surface area (Å²) >= 11 is 6.10. The van der Waals surface area contributed by atoms with Gasteiger partial charge in [-0.05, 0) is 37.1 Å². The van der Waals surface area contributed by atoms with Crippen molar-refractivity contribution in [3.8, 4) is 0 Å². The normalized spacial score (nSPS) is 11.7. The predicted molar refractivity (Wildman–Crippen MR) is 99.8 cm³/mol. The van der Waals surface area contributed by atoms with Crippen molar-refractivity contribution < 1.29 is 17.6 Å². The van der Waals surface area contributed by atoms with Gasteiger partial charge in [-0.15, -0.1) is 0 Å². The number of nitrogens with one attached hydrogen (secondary N) is 1. The van der Waals surface area contributed by atoms with Crippen LogP contribution in [0.4, 0.5) is 0 Å². The molecule has 0 radical (unpaired) electrons. The first-order valence-corrected chi connectivity index (χ1v) is 9.77. The van der Waals surface area contributed by atoms with E-state index in [4.69, 9.17) is 21.2 Å². The highest BCUT2D eigenvalue weighted by atomic mass is 35.5. The second-order valence-electron chi connectivity index (χ2n) is 5.87. The van der Waals surface area contributed by atoms with Crippen molar-refractivity contribution in [2.24, 2.45) is 5.14 Å². The number of carbonyl (C=O) groups is 1. The Bertz CT molecular complexity index is 1070. The minimum Gasteiger partial charge on any atom is -0.449 e. The Kier molecular flexibility index (Phi) is 5.04. The van der Waals surface area contributed by atoms with Gasteiger partial charge in [-0.2, -0.15) is 0 Å². The average molecular weight is 393 g/mol. The maximum atomic E-state index is 12.4. The number of sulfonamides is 1. The van der Waals surface area contributed by atoms with Crippen molar-refractivity contribution in [3.63, 3.8) is 0 Å². The van der Waals surface area contributed by atoms with Gasteiger partial charge < -0.3 is 9.73 Å². The van der Waals surface area contributed by atoms with Crippen LogP contribution >= 0.6 is 11.6 Å². The number of carbonyl (C=O) groups excluding carboxylic acids is 1. The van der Waals surface area contributed by atoms with Crippen molar-refractivity contribution in [1.82, 2.24) is 5.32 Å². The van der Waals surface area contributed by atoms with Crippen molar-refractivity contribution in [3.05, 3.63) is 64.4 Å². The van der Waals surface area contributed by atoms with Gasteiger partial charge in [0.2, 0.25) is 10.0 Å². The number of primary sulfonamides is 1. The third-order valence-electron chi connectivity index (χ3n) is 4.07. The fourth-order valence-corrected chi connectivity index (χ4v) is 3.40. The molecule has 3 N–H and O–H groups in total. The summed E-state index contributed by atoms with van der Waals surface area (Å²) < 4.78 is 28.1. The Hall–Kier alpha value is -2.35. The van der Waals surface area contributed by atoms with Gasteiger partial charge >= 0.3 is 0 Å². The van der Waals surface area contributed by atoms with Crippen LogP contribution in [0.25, 0.3) is 11.0 Å². The fourth-order valence-electron chi connectivity index (χ4n) is 2.67. The van der Waals surface area contributed by atoms with Gasteiger partial charge in [-0.25, -0.2) is 13.6 Å². The van der Waals surface area contributed by atoms with Gasteiger partial charge in [0.1, 0.15) is 0 Å². The number of nitrogens with two attached hydrogens (primary N) is 1. The second-order valence-corrected chi connectivity index (χ2v) is 7.84. The second kappa shape index (κ2) is 7.11. The smallest absolute Gasteiger partial charge is 0.287 e. The first-order valence-electron chi connectivity index (χ1n) is 7.85. The maximum Gasteiger partial charge on any atom is 0.287 e. The van der Waals surface area contributed by atoms with E-state index in [-0.39, 0.29) is 16.6 Å². The Morgan fingerprint density at radius 2 is 1.88 bits per heavy atom. The number of halogens is 1. The van der Waals surface area contributed by atoms with Crippen molar-refractivity contribution in [1.29, 1.82) is 0 Å². The average Bonchev–Trinajstić information content (AvgIpc) is 2.93. The third kappa shape index (κ3) is 3.75. The minimum absolute atomic E-state index is 0.0556. The first-order chi connectivity index (χ1) is 12.3. The van der Waals surface area contributed by atoms with Gasteiger partial charge in [0.25, 0.3) is 5.91 Å². The Labute approximate surface area is 156 Å².